The summed E-state index contributed by atoms with van der Waals surface area (Å²) < 4.78 is 6.76. The Kier molecular flexibility index (Phi) is 3.49. The van der Waals surface area contributed by atoms with Gasteiger partial charge in [0.25, 0.3) is 0 Å². The Bertz CT molecular complexity index is 573. The summed E-state index contributed by atoms with van der Waals surface area (Å²) >= 11 is 2.22. The fourth-order valence-corrected chi connectivity index (χ4v) is 1.72. The number of nitriles is 1. The van der Waals surface area contributed by atoms with Gasteiger partial charge in [0.05, 0.1) is 11.3 Å². The van der Waals surface area contributed by atoms with Crippen LogP contribution in [0.3, 0.4) is 0 Å². The zero-order valence-electron chi connectivity index (χ0n) is 8.85. The second-order valence-electron chi connectivity index (χ2n) is 3.39. The molecule has 0 saturated carbocycles. The normalized spacial score (nSPS) is 9.65. The van der Waals surface area contributed by atoms with Crippen LogP contribution in [0.4, 0.5) is 5.69 Å². The van der Waals surface area contributed by atoms with Crippen molar-refractivity contribution in [3.63, 3.8) is 0 Å². The average Bonchev–Trinajstić information content (AvgIpc) is 2.35. The van der Waals surface area contributed by atoms with Crippen molar-refractivity contribution in [2.24, 2.45) is 0 Å². The second-order valence-corrected chi connectivity index (χ2v) is 4.63. The molecule has 3 nitrogen and oxygen atoms in total. The first kappa shape index (κ1) is 11.7. The Morgan fingerprint density at radius 2 is 1.82 bits per heavy atom. The molecule has 0 atom stereocenters. The van der Waals surface area contributed by atoms with Gasteiger partial charge in [0.1, 0.15) is 11.8 Å². The molecule has 0 fully saturated rings. The van der Waals surface area contributed by atoms with E-state index in [0.29, 0.717) is 22.7 Å². The van der Waals surface area contributed by atoms with Gasteiger partial charge in [0.2, 0.25) is 0 Å². The summed E-state index contributed by atoms with van der Waals surface area (Å²) in [6, 6.07) is 14.8. The summed E-state index contributed by atoms with van der Waals surface area (Å²) in [5.74, 6) is 1.21. The third-order valence-electron chi connectivity index (χ3n) is 2.23. The van der Waals surface area contributed by atoms with Crippen LogP contribution in [0.15, 0.2) is 42.5 Å². The zero-order chi connectivity index (χ0) is 12.3. The van der Waals surface area contributed by atoms with E-state index in [2.05, 4.69) is 22.6 Å². The van der Waals surface area contributed by atoms with Crippen LogP contribution in [0.2, 0.25) is 0 Å². The van der Waals surface area contributed by atoms with Crippen molar-refractivity contribution >= 4 is 28.3 Å². The lowest BCUT2D eigenvalue weighted by Gasteiger charge is -2.09. The minimum Gasteiger partial charge on any atom is -0.455 e. The van der Waals surface area contributed by atoms with Crippen molar-refractivity contribution in [3.05, 3.63) is 51.6 Å². The van der Waals surface area contributed by atoms with Gasteiger partial charge in [-0.05, 0) is 59.0 Å². The Balaban J connectivity index is 2.31. The molecule has 0 aliphatic rings. The number of nitrogen functional groups attached to an aromatic ring is 1. The first-order valence-corrected chi connectivity index (χ1v) is 6.00. The molecule has 0 aliphatic carbocycles. The quantitative estimate of drug-likeness (QED) is 0.674. The summed E-state index contributed by atoms with van der Waals surface area (Å²) in [4.78, 5) is 0. The fourth-order valence-electron chi connectivity index (χ4n) is 1.36. The lowest BCUT2D eigenvalue weighted by atomic mass is 10.2. The highest BCUT2D eigenvalue weighted by Gasteiger charge is 2.06. The van der Waals surface area contributed by atoms with Gasteiger partial charge in [0, 0.05) is 3.57 Å². The van der Waals surface area contributed by atoms with Crippen molar-refractivity contribution in [1.29, 1.82) is 5.26 Å². The third kappa shape index (κ3) is 2.68. The van der Waals surface area contributed by atoms with Gasteiger partial charge in [-0.2, -0.15) is 5.26 Å². The molecule has 2 rings (SSSR count). The van der Waals surface area contributed by atoms with Crippen molar-refractivity contribution in [3.8, 4) is 17.6 Å². The number of hydrogen-bond acceptors (Lipinski definition) is 3. The third-order valence-corrected chi connectivity index (χ3v) is 2.95. The van der Waals surface area contributed by atoms with E-state index in [0.717, 1.165) is 3.57 Å². The molecule has 2 aromatic rings. The lowest BCUT2D eigenvalue weighted by Crippen LogP contribution is -1.95. The topological polar surface area (TPSA) is 59.0 Å². The maximum absolute atomic E-state index is 8.86. The van der Waals surface area contributed by atoms with Crippen LogP contribution in [0, 0.1) is 14.9 Å². The summed E-state index contributed by atoms with van der Waals surface area (Å²) in [5, 5.41) is 8.86. The van der Waals surface area contributed by atoms with Crippen LogP contribution >= 0.6 is 22.6 Å². The maximum Gasteiger partial charge on any atom is 0.151 e. The van der Waals surface area contributed by atoms with Gasteiger partial charge in [-0.25, -0.2) is 0 Å². The molecule has 0 bridgehead atoms. The molecule has 0 aromatic heterocycles. The van der Waals surface area contributed by atoms with Gasteiger partial charge in [-0.15, -0.1) is 0 Å². The molecule has 4 heteroatoms. The average molecular weight is 336 g/mol. The predicted molar refractivity (Wildman–Crippen MR) is 74.8 cm³/mol. The number of nitrogens with two attached hydrogens (primary N) is 1. The number of halogens is 1. The SMILES string of the molecule is N#Cc1cccc(Oc2ccc(I)cc2)c1N. The van der Waals surface area contributed by atoms with Crippen molar-refractivity contribution < 1.29 is 4.74 Å². The monoisotopic (exact) mass is 336 g/mol. The molecular weight excluding hydrogens is 327 g/mol. The lowest BCUT2D eigenvalue weighted by molar-refractivity contribution is 0.485. The van der Waals surface area contributed by atoms with Crippen LogP contribution in [-0.2, 0) is 0 Å². The molecule has 2 N–H and O–H groups in total. The van der Waals surface area contributed by atoms with Crippen LogP contribution < -0.4 is 10.5 Å². The van der Waals surface area contributed by atoms with E-state index in [1.165, 1.54) is 0 Å². The largest absolute Gasteiger partial charge is 0.455 e. The van der Waals surface area contributed by atoms with E-state index in [-0.39, 0.29) is 0 Å². The van der Waals surface area contributed by atoms with Gasteiger partial charge < -0.3 is 10.5 Å². The Morgan fingerprint density at radius 3 is 2.47 bits per heavy atom. The summed E-state index contributed by atoms with van der Waals surface area (Å²) in [5.41, 5.74) is 6.62. The highest BCUT2D eigenvalue weighted by atomic mass is 127. The van der Waals surface area contributed by atoms with Gasteiger partial charge in [-0.1, -0.05) is 6.07 Å². The van der Waals surface area contributed by atoms with Crippen LogP contribution in [0.5, 0.6) is 11.5 Å². The molecule has 0 heterocycles. The van der Waals surface area contributed by atoms with Gasteiger partial charge >= 0.3 is 0 Å². The first-order chi connectivity index (χ1) is 8.20. The van der Waals surface area contributed by atoms with Gasteiger partial charge in [0.15, 0.2) is 5.75 Å². The summed E-state index contributed by atoms with van der Waals surface area (Å²) in [6.07, 6.45) is 0. The van der Waals surface area contributed by atoms with Crippen LogP contribution in [0.25, 0.3) is 0 Å². The number of rotatable bonds is 2. The number of anilines is 1. The van der Waals surface area contributed by atoms with E-state index >= 15 is 0 Å². The Labute approximate surface area is 113 Å². The summed E-state index contributed by atoms with van der Waals surface area (Å²) in [7, 11) is 0. The highest BCUT2D eigenvalue weighted by molar-refractivity contribution is 14.1. The van der Waals surface area contributed by atoms with E-state index in [4.69, 9.17) is 15.7 Å². The van der Waals surface area contributed by atoms with Gasteiger partial charge in [-0.3, -0.25) is 0 Å². The predicted octanol–water partition coefficient (Wildman–Crippen LogP) is 3.54. The molecule has 0 amide bonds. The number of benzene rings is 2. The standard InChI is InChI=1S/C13H9IN2O/c14-10-4-6-11(7-5-10)17-12-3-1-2-9(8-15)13(12)16/h1-7H,16H2. The molecule has 0 unspecified atom stereocenters. The van der Waals surface area contributed by atoms with E-state index < -0.39 is 0 Å². The fraction of sp³-hybridized carbons (Fsp3) is 0. The smallest absolute Gasteiger partial charge is 0.151 e. The van der Waals surface area contributed by atoms with E-state index in [1.807, 2.05) is 30.3 Å². The molecule has 0 saturated heterocycles. The van der Waals surface area contributed by atoms with E-state index in [1.54, 1.807) is 18.2 Å². The highest BCUT2D eigenvalue weighted by Crippen LogP contribution is 2.29. The van der Waals surface area contributed by atoms with Crippen molar-refractivity contribution in [2.75, 3.05) is 5.73 Å². The molecular formula is C13H9IN2O. The zero-order valence-corrected chi connectivity index (χ0v) is 11.0. The maximum atomic E-state index is 8.86. The molecule has 17 heavy (non-hydrogen) atoms. The Hall–Kier alpha value is -1.74. The number of nitrogens with zero attached hydrogens (tertiary/aromatic N) is 1. The molecule has 0 aliphatic heterocycles. The van der Waals surface area contributed by atoms with Crippen LogP contribution in [0.1, 0.15) is 5.56 Å². The van der Waals surface area contributed by atoms with Crippen molar-refractivity contribution in [1.82, 2.24) is 0 Å². The molecule has 0 spiro atoms. The number of para-hydroxylation sites is 1. The Morgan fingerprint density at radius 1 is 1.12 bits per heavy atom. The number of ether oxygens (including phenoxy) is 1. The van der Waals surface area contributed by atoms with Crippen LogP contribution in [-0.4, -0.2) is 0 Å². The second kappa shape index (κ2) is 5.06. The molecule has 2 aromatic carbocycles. The summed E-state index contributed by atoms with van der Waals surface area (Å²) in [6.45, 7) is 0. The molecule has 0 radical (unpaired) electrons. The van der Waals surface area contributed by atoms with Crippen molar-refractivity contribution in [2.45, 2.75) is 0 Å². The molecule has 84 valence electrons. The first-order valence-electron chi connectivity index (χ1n) is 4.92. The minimum absolute atomic E-state index is 0.369. The number of hydrogen-bond donors (Lipinski definition) is 1. The minimum atomic E-state index is 0.369. The van der Waals surface area contributed by atoms with E-state index in [9.17, 15) is 0 Å².